The van der Waals surface area contributed by atoms with Gasteiger partial charge < -0.3 is 15.2 Å². The maximum atomic E-state index is 5.41. The molecule has 1 rings (SSSR count). The number of para-hydroxylation sites is 1. The lowest BCUT2D eigenvalue weighted by Gasteiger charge is -2.11. The highest BCUT2D eigenvalue weighted by Gasteiger charge is 2.05. The van der Waals surface area contributed by atoms with Crippen LogP contribution in [0.5, 0.6) is 11.5 Å². The van der Waals surface area contributed by atoms with Crippen LogP contribution in [0.4, 0.5) is 0 Å². The van der Waals surface area contributed by atoms with E-state index >= 15 is 0 Å². The van der Waals surface area contributed by atoms with Gasteiger partial charge in [0.2, 0.25) is 0 Å². The molecule has 0 saturated heterocycles. The van der Waals surface area contributed by atoms with E-state index in [-0.39, 0.29) is 0 Å². The predicted molar refractivity (Wildman–Crippen MR) is 52.3 cm³/mol. The van der Waals surface area contributed by atoms with Crippen molar-refractivity contribution in [1.29, 1.82) is 0 Å². The zero-order valence-corrected chi connectivity index (χ0v) is 8.04. The fourth-order valence-electron chi connectivity index (χ4n) is 1.17. The van der Waals surface area contributed by atoms with E-state index in [0.29, 0.717) is 13.2 Å². The third-order valence-electron chi connectivity index (χ3n) is 1.76. The minimum atomic E-state index is 0.511. The van der Waals surface area contributed by atoms with Gasteiger partial charge >= 0.3 is 0 Å². The Morgan fingerprint density at radius 2 is 2.15 bits per heavy atom. The molecule has 0 aromatic heterocycles. The van der Waals surface area contributed by atoms with Gasteiger partial charge in [-0.05, 0) is 18.6 Å². The first kappa shape index (κ1) is 9.86. The summed E-state index contributed by atoms with van der Waals surface area (Å²) in [4.78, 5) is 0. The molecule has 0 aliphatic carbocycles. The largest absolute Gasteiger partial charge is 0.493 e. The maximum Gasteiger partial charge on any atom is 0.163 e. The van der Waals surface area contributed by atoms with Gasteiger partial charge in [0.05, 0.1) is 7.11 Å². The van der Waals surface area contributed by atoms with E-state index in [4.69, 9.17) is 15.2 Å². The number of hydrogen-bond acceptors (Lipinski definition) is 3. The van der Waals surface area contributed by atoms with Crippen LogP contribution in [0.25, 0.3) is 0 Å². The van der Waals surface area contributed by atoms with Gasteiger partial charge in [0.15, 0.2) is 11.5 Å². The Bertz CT molecular complexity index is 274. The third-order valence-corrected chi connectivity index (χ3v) is 1.76. The molecule has 0 heterocycles. The fourth-order valence-corrected chi connectivity index (χ4v) is 1.17. The summed E-state index contributed by atoms with van der Waals surface area (Å²) in [6, 6.07) is 5.79. The van der Waals surface area contributed by atoms with Crippen molar-refractivity contribution in [3.05, 3.63) is 23.8 Å². The number of aryl methyl sites for hydroxylation is 1. The molecular formula is C10H15NO2. The van der Waals surface area contributed by atoms with Crippen LogP contribution in [-0.4, -0.2) is 20.3 Å². The molecule has 0 amide bonds. The standard InChI is InChI=1S/C10H15NO2/c1-8-4-3-5-9(10(8)12-2)13-7-6-11/h3-5H,6-7,11H2,1-2H3. The molecule has 1 aromatic rings. The molecule has 0 saturated carbocycles. The van der Waals surface area contributed by atoms with Crippen LogP contribution in [0.2, 0.25) is 0 Å². The Morgan fingerprint density at radius 3 is 2.77 bits per heavy atom. The van der Waals surface area contributed by atoms with E-state index in [0.717, 1.165) is 17.1 Å². The van der Waals surface area contributed by atoms with Crippen LogP contribution < -0.4 is 15.2 Å². The van der Waals surface area contributed by atoms with Crippen molar-refractivity contribution < 1.29 is 9.47 Å². The summed E-state index contributed by atoms with van der Waals surface area (Å²) in [7, 11) is 1.64. The summed E-state index contributed by atoms with van der Waals surface area (Å²) in [5, 5.41) is 0. The van der Waals surface area contributed by atoms with Gasteiger partial charge in [-0.15, -0.1) is 0 Å². The molecular weight excluding hydrogens is 166 g/mol. The van der Waals surface area contributed by atoms with Crippen LogP contribution >= 0.6 is 0 Å². The molecule has 3 heteroatoms. The normalized spacial score (nSPS) is 9.77. The lowest BCUT2D eigenvalue weighted by atomic mass is 10.2. The highest BCUT2D eigenvalue weighted by molar-refractivity contribution is 5.45. The Balaban J connectivity index is 2.85. The number of nitrogens with two attached hydrogens (primary N) is 1. The number of benzene rings is 1. The van der Waals surface area contributed by atoms with E-state index in [1.165, 1.54) is 0 Å². The van der Waals surface area contributed by atoms with Gasteiger partial charge in [0.25, 0.3) is 0 Å². The van der Waals surface area contributed by atoms with E-state index < -0.39 is 0 Å². The highest BCUT2D eigenvalue weighted by Crippen LogP contribution is 2.29. The Kier molecular flexibility index (Phi) is 3.58. The molecule has 0 bridgehead atoms. The molecule has 0 radical (unpaired) electrons. The van der Waals surface area contributed by atoms with Gasteiger partial charge in [-0.3, -0.25) is 0 Å². The summed E-state index contributed by atoms with van der Waals surface area (Å²) in [6.45, 7) is 3.01. The van der Waals surface area contributed by atoms with Crippen LogP contribution in [-0.2, 0) is 0 Å². The van der Waals surface area contributed by atoms with Gasteiger partial charge in [-0.2, -0.15) is 0 Å². The van der Waals surface area contributed by atoms with Crippen LogP contribution in [0.15, 0.2) is 18.2 Å². The second kappa shape index (κ2) is 4.72. The van der Waals surface area contributed by atoms with E-state index in [1.807, 2.05) is 25.1 Å². The molecule has 0 unspecified atom stereocenters. The van der Waals surface area contributed by atoms with Crippen molar-refractivity contribution in [2.24, 2.45) is 5.73 Å². The van der Waals surface area contributed by atoms with Crippen molar-refractivity contribution in [2.45, 2.75) is 6.92 Å². The zero-order valence-electron chi connectivity index (χ0n) is 8.04. The first-order chi connectivity index (χ1) is 6.29. The van der Waals surface area contributed by atoms with Crippen molar-refractivity contribution >= 4 is 0 Å². The van der Waals surface area contributed by atoms with E-state index in [2.05, 4.69) is 0 Å². The molecule has 0 aliphatic rings. The van der Waals surface area contributed by atoms with E-state index in [1.54, 1.807) is 7.11 Å². The molecule has 2 N–H and O–H groups in total. The van der Waals surface area contributed by atoms with Crippen molar-refractivity contribution in [3.63, 3.8) is 0 Å². The molecule has 3 nitrogen and oxygen atoms in total. The average molecular weight is 181 g/mol. The minimum absolute atomic E-state index is 0.511. The van der Waals surface area contributed by atoms with Gasteiger partial charge in [-0.25, -0.2) is 0 Å². The Morgan fingerprint density at radius 1 is 1.38 bits per heavy atom. The number of rotatable bonds is 4. The molecule has 1 aromatic carbocycles. The Hall–Kier alpha value is -1.22. The fraction of sp³-hybridized carbons (Fsp3) is 0.400. The maximum absolute atomic E-state index is 5.41. The quantitative estimate of drug-likeness (QED) is 0.762. The van der Waals surface area contributed by atoms with Crippen molar-refractivity contribution in [3.8, 4) is 11.5 Å². The molecule has 0 fully saturated rings. The van der Waals surface area contributed by atoms with Crippen molar-refractivity contribution in [1.82, 2.24) is 0 Å². The monoisotopic (exact) mass is 181 g/mol. The number of methoxy groups -OCH3 is 1. The smallest absolute Gasteiger partial charge is 0.163 e. The second-order valence-corrected chi connectivity index (χ2v) is 2.74. The first-order valence-electron chi connectivity index (χ1n) is 4.26. The van der Waals surface area contributed by atoms with Crippen LogP contribution in [0.1, 0.15) is 5.56 Å². The average Bonchev–Trinajstić information content (AvgIpc) is 2.15. The first-order valence-corrected chi connectivity index (χ1v) is 4.26. The van der Waals surface area contributed by atoms with Crippen molar-refractivity contribution in [2.75, 3.05) is 20.3 Å². The summed E-state index contributed by atoms with van der Waals surface area (Å²) in [5.41, 5.74) is 6.41. The molecule has 13 heavy (non-hydrogen) atoms. The highest BCUT2D eigenvalue weighted by atomic mass is 16.5. The summed E-state index contributed by atoms with van der Waals surface area (Å²) >= 11 is 0. The summed E-state index contributed by atoms with van der Waals surface area (Å²) in [6.07, 6.45) is 0. The van der Waals surface area contributed by atoms with Crippen LogP contribution in [0, 0.1) is 6.92 Å². The lowest BCUT2D eigenvalue weighted by Crippen LogP contribution is -2.11. The number of hydrogen-bond donors (Lipinski definition) is 1. The predicted octanol–water partition coefficient (Wildman–Crippen LogP) is 1.34. The third kappa shape index (κ3) is 2.36. The minimum Gasteiger partial charge on any atom is -0.493 e. The molecule has 0 atom stereocenters. The second-order valence-electron chi connectivity index (χ2n) is 2.74. The summed E-state index contributed by atoms with van der Waals surface area (Å²) < 4.78 is 10.6. The Labute approximate surface area is 78.5 Å². The summed E-state index contributed by atoms with van der Waals surface area (Å²) in [5.74, 6) is 1.55. The SMILES string of the molecule is COc1c(C)cccc1OCCN. The molecule has 72 valence electrons. The van der Waals surface area contributed by atoms with Gasteiger partial charge in [-0.1, -0.05) is 12.1 Å². The van der Waals surface area contributed by atoms with Gasteiger partial charge in [0, 0.05) is 6.54 Å². The number of ether oxygens (including phenoxy) is 2. The topological polar surface area (TPSA) is 44.5 Å². The van der Waals surface area contributed by atoms with E-state index in [9.17, 15) is 0 Å². The van der Waals surface area contributed by atoms with Crippen LogP contribution in [0.3, 0.4) is 0 Å². The lowest BCUT2D eigenvalue weighted by molar-refractivity contribution is 0.301. The zero-order chi connectivity index (χ0) is 9.68. The molecule has 0 spiro atoms. The molecule has 0 aliphatic heterocycles. The van der Waals surface area contributed by atoms with Gasteiger partial charge in [0.1, 0.15) is 6.61 Å².